The predicted molar refractivity (Wildman–Crippen MR) is 104 cm³/mol. The molecule has 0 spiro atoms. The molecule has 1 fully saturated rings. The molecule has 148 valence electrons. The normalized spacial score (nSPS) is 16.4. The number of benzene rings is 2. The van der Waals surface area contributed by atoms with Crippen LogP contribution in [0.2, 0.25) is 0 Å². The van der Waals surface area contributed by atoms with Crippen LogP contribution in [0.15, 0.2) is 53.6 Å². The van der Waals surface area contributed by atoms with Gasteiger partial charge in [-0.1, -0.05) is 12.1 Å². The Bertz CT molecular complexity index is 930. The summed E-state index contributed by atoms with van der Waals surface area (Å²) < 4.78 is 10.8. The molecule has 8 heteroatoms. The van der Waals surface area contributed by atoms with E-state index >= 15 is 0 Å². The van der Waals surface area contributed by atoms with Crippen LogP contribution in [0.1, 0.15) is 26.3 Å². The van der Waals surface area contributed by atoms with Gasteiger partial charge in [0.05, 0.1) is 30.6 Å². The first kappa shape index (κ1) is 18.8. The molecule has 0 aromatic heterocycles. The molecule has 29 heavy (non-hydrogen) atoms. The molecule has 8 nitrogen and oxygen atoms in total. The van der Waals surface area contributed by atoms with Crippen LogP contribution in [0, 0.1) is 0 Å². The minimum atomic E-state index is -0.441. The number of ether oxygens (including phenoxy) is 2. The second kappa shape index (κ2) is 8.24. The maximum atomic E-state index is 12.3. The molecule has 0 saturated carbocycles. The van der Waals surface area contributed by atoms with Crippen LogP contribution in [0.25, 0.3) is 0 Å². The Hall–Kier alpha value is -3.52. The van der Waals surface area contributed by atoms with E-state index in [1.54, 1.807) is 53.4 Å². The Morgan fingerprint density at radius 1 is 1.00 bits per heavy atom. The number of hydrazone groups is 1. The van der Waals surface area contributed by atoms with E-state index in [1.807, 2.05) is 0 Å². The summed E-state index contributed by atoms with van der Waals surface area (Å²) in [7, 11) is 0. The highest BCUT2D eigenvalue weighted by molar-refractivity contribution is 6.21. The van der Waals surface area contributed by atoms with Crippen LogP contribution in [-0.4, -0.2) is 66.8 Å². The molecule has 0 N–H and O–H groups in total. The first-order valence-electron chi connectivity index (χ1n) is 9.23. The molecule has 2 aromatic carbocycles. The van der Waals surface area contributed by atoms with Gasteiger partial charge in [0, 0.05) is 13.1 Å². The van der Waals surface area contributed by atoms with Gasteiger partial charge in [-0.05, 0) is 42.0 Å². The van der Waals surface area contributed by atoms with E-state index in [0.717, 1.165) is 5.01 Å². The van der Waals surface area contributed by atoms with Crippen LogP contribution in [0.5, 0.6) is 5.75 Å². The van der Waals surface area contributed by atoms with E-state index < -0.39 is 11.8 Å². The summed E-state index contributed by atoms with van der Waals surface area (Å²) in [5.41, 5.74) is 1.39. The first-order valence-corrected chi connectivity index (χ1v) is 9.23. The molecule has 0 atom stereocenters. The zero-order valence-electron chi connectivity index (χ0n) is 15.6. The fourth-order valence-corrected chi connectivity index (χ4v) is 3.11. The fraction of sp³-hybridized carbons (Fsp3) is 0.238. The van der Waals surface area contributed by atoms with Crippen molar-refractivity contribution in [3.05, 3.63) is 65.2 Å². The summed E-state index contributed by atoms with van der Waals surface area (Å²) >= 11 is 0. The van der Waals surface area contributed by atoms with Gasteiger partial charge in [-0.2, -0.15) is 10.1 Å². The van der Waals surface area contributed by atoms with Gasteiger partial charge >= 0.3 is 0 Å². The minimum absolute atomic E-state index is 0.0392. The van der Waals surface area contributed by atoms with E-state index in [2.05, 4.69) is 5.10 Å². The lowest BCUT2D eigenvalue weighted by atomic mass is 10.1. The highest BCUT2D eigenvalue weighted by Gasteiger charge is 2.35. The third-order valence-corrected chi connectivity index (χ3v) is 4.70. The number of carbonyl (C=O) groups is 3. The van der Waals surface area contributed by atoms with Crippen molar-refractivity contribution in [3.8, 4) is 5.75 Å². The van der Waals surface area contributed by atoms with Crippen LogP contribution < -0.4 is 4.74 Å². The summed E-state index contributed by atoms with van der Waals surface area (Å²) in [6, 6.07) is 13.5. The Morgan fingerprint density at radius 2 is 1.62 bits per heavy atom. The number of fused-ring (bicyclic) bond motifs is 1. The van der Waals surface area contributed by atoms with Crippen molar-refractivity contribution < 1.29 is 23.9 Å². The average molecular weight is 393 g/mol. The van der Waals surface area contributed by atoms with Gasteiger partial charge in [-0.15, -0.1) is 0 Å². The predicted octanol–water partition coefficient (Wildman–Crippen LogP) is 1.55. The molecule has 0 unspecified atom stereocenters. The third-order valence-electron chi connectivity index (χ3n) is 4.70. The molecule has 2 aromatic rings. The van der Waals surface area contributed by atoms with E-state index in [-0.39, 0.29) is 12.5 Å². The summed E-state index contributed by atoms with van der Waals surface area (Å²) in [6.07, 6.45) is 1.43. The molecule has 2 aliphatic rings. The summed E-state index contributed by atoms with van der Waals surface area (Å²) in [4.78, 5) is 38.4. The molecule has 2 aliphatic heterocycles. The molecule has 0 bridgehead atoms. The van der Waals surface area contributed by atoms with Crippen molar-refractivity contribution in [2.75, 3.05) is 32.9 Å². The van der Waals surface area contributed by atoms with Crippen molar-refractivity contribution in [2.45, 2.75) is 0 Å². The number of rotatable bonds is 5. The summed E-state index contributed by atoms with van der Waals surface area (Å²) in [5.74, 6) is -0.416. The Kier molecular flexibility index (Phi) is 5.35. The minimum Gasteiger partial charge on any atom is -0.484 e. The number of imide groups is 1. The van der Waals surface area contributed by atoms with E-state index in [4.69, 9.17) is 9.47 Å². The molecule has 1 saturated heterocycles. The third kappa shape index (κ3) is 4.02. The van der Waals surface area contributed by atoms with Crippen molar-refractivity contribution in [2.24, 2.45) is 5.10 Å². The average Bonchev–Trinajstić information content (AvgIpc) is 3.02. The van der Waals surface area contributed by atoms with E-state index in [0.29, 0.717) is 48.7 Å². The van der Waals surface area contributed by atoms with Gasteiger partial charge in [0.25, 0.3) is 17.7 Å². The van der Waals surface area contributed by atoms with E-state index in [9.17, 15) is 14.4 Å². The van der Waals surface area contributed by atoms with Crippen molar-refractivity contribution in [1.82, 2.24) is 9.91 Å². The van der Waals surface area contributed by atoms with Crippen molar-refractivity contribution >= 4 is 23.9 Å². The van der Waals surface area contributed by atoms with Crippen LogP contribution >= 0.6 is 0 Å². The number of nitrogens with zero attached hydrogens (tertiary/aromatic N) is 3. The number of carbonyl (C=O) groups excluding carboxylic acids is 3. The zero-order chi connectivity index (χ0) is 20.2. The number of amides is 3. The molecular weight excluding hydrogens is 374 g/mol. The molecule has 4 rings (SSSR count). The molecule has 0 aliphatic carbocycles. The van der Waals surface area contributed by atoms with Gasteiger partial charge in [-0.3, -0.25) is 14.4 Å². The quantitative estimate of drug-likeness (QED) is 0.568. The van der Waals surface area contributed by atoms with Gasteiger partial charge in [0.1, 0.15) is 5.75 Å². The standard InChI is InChI=1S/C21H19N3O5/c25-19(23-9-11-28-12-10-23)14-29-16-7-5-15(6-8-16)13-22-24-20(26)17-3-1-2-4-18(17)21(24)27/h1-8,13H,9-12,14H2/b22-13+. The largest absolute Gasteiger partial charge is 0.484 e. The Labute approximate surface area is 167 Å². The second-order valence-corrected chi connectivity index (χ2v) is 6.56. The fourth-order valence-electron chi connectivity index (χ4n) is 3.11. The second-order valence-electron chi connectivity index (χ2n) is 6.56. The number of morpholine rings is 1. The first-order chi connectivity index (χ1) is 14.1. The van der Waals surface area contributed by atoms with E-state index in [1.165, 1.54) is 6.21 Å². The summed E-state index contributed by atoms with van der Waals surface area (Å²) in [5, 5.41) is 4.89. The maximum Gasteiger partial charge on any atom is 0.282 e. The summed E-state index contributed by atoms with van der Waals surface area (Å²) in [6.45, 7) is 2.22. The zero-order valence-corrected chi connectivity index (χ0v) is 15.6. The smallest absolute Gasteiger partial charge is 0.282 e. The van der Waals surface area contributed by atoms with Crippen LogP contribution in [-0.2, 0) is 9.53 Å². The molecule has 3 amide bonds. The molecule has 0 radical (unpaired) electrons. The highest BCUT2D eigenvalue weighted by Crippen LogP contribution is 2.22. The Morgan fingerprint density at radius 3 is 2.24 bits per heavy atom. The van der Waals surface area contributed by atoms with Gasteiger partial charge < -0.3 is 14.4 Å². The van der Waals surface area contributed by atoms with Crippen molar-refractivity contribution in [1.29, 1.82) is 0 Å². The number of hydrogen-bond acceptors (Lipinski definition) is 6. The monoisotopic (exact) mass is 393 g/mol. The maximum absolute atomic E-state index is 12.3. The van der Waals surface area contributed by atoms with Gasteiger partial charge in [-0.25, -0.2) is 0 Å². The van der Waals surface area contributed by atoms with Gasteiger partial charge in [0.15, 0.2) is 6.61 Å². The van der Waals surface area contributed by atoms with Crippen LogP contribution in [0.3, 0.4) is 0 Å². The van der Waals surface area contributed by atoms with Gasteiger partial charge in [0.2, 0.25) is 0 Å². The SMILES string of the molecule is O=C(COc1ccc(/C=N/N2C(=O)c3ccccc3C2=O)cc1)N1CCOCC1. The topological polar surface area (TPSA) is 88.5 Å². The highest BCUT2D eigenvalue weighted by atomic mass is 16.5. The lowest BCUT2D eigenvalue weighted by molar-refractivity contribution is -0.137. The van der Waals surface area contributed by atoms with Crippen molar-refractivity contribution in [3.63, 3.8) is 0 Å². The number of hydrogen-bond donors (Lipinski definition) is 0. The molecule has 2 heterocycles. The Balaban J connectivity index is 1.34. The molecular formula is C21H19N3O5. The van der Waals surface area contributed by atoms with Crippen LogP contribution in [0.4, 0.5) is 0 Å². The lowest BCUT2D eigenvalue weighted by Crippen LogP contribution is -2.42. The lowest BCUT2D eigenvalue weighted by Gasteiger charge is -2.26.